The molecule has 33 heavy (non-hydrogen) atoms. The van der Waals surface area contributed by atoms with E-state index in [0.29, 0.717) is 61.0 Å². The molecule has 0 radical (unpaired) electrons. The molecule has 9 heteroatoms. The Kier molecular flexibility index (Phi) is 6.98. The maximum atomic E-state index is 14.0. The third-order valence-electron chi connectivity index (χ3n) is 5.64. The molecule has 0 amide bonds. The number of ether oxygens (including phenoxy) is 2. The summed E-state index contributed by atoms with van der Waals surface area (Å²) in [5, 5.41) is 0. The van der Waals surface area contributed by atoms with Gasteiger partial charge < -0.3 is 14.4 Å². The molecule has 174 valence electrons. The molecular formula is C24H25F3N4O2. The molecule has 1 saturated heterocycles. The van der Waals surface area contributed by atoms with Gasteiger partial charge in [-0.2, -0.15) is 0 Å². The third kappa shape index (κ3) is 5.19. The minimum atomic E-state index is -2.73. The Morgan fingerprint density at radius 1 is 0.909 bits per heavy atom. The molecular weight excluding hydrogens is 433 g/mol. The predicted molar refractivity (Wildman–Crippen MR) is 119 cm³/mol. The molecule has 1 aromatic heterocycles. The van der Waals surface area contributed by atoms with E-state index in [4.69, 9.17) is 9.47 Å². The van der Waals surface area contributed by atoms with E-state index in [9.17, 15) is 13.2 Å². The number of aromatic nitrogens is 2. The zero-order valence-corrected chi connectivity index (χ0v) is 18.5. The summed E-state index contributed by atoms with van der Waals surface area (Å²) in [6.45, 7) is 2.87. The first-order valence-corrected chi connectivity index (χ1v) is 10.6. The van der Waals surface area contributed by atoms with Crippen molar-refractivity contribution in [3.8, 4) is 22.8 Å². The molecule has 6 nitrogen and oxygen atoms in total. The van der Waals surface area contributed by atoms with Gasteiger partial charge in [0.15, 0.2) is 11.5 Å². The van der Waals surface area contributed by atoms with Gasteiger partial charge in [0.05, 0.1) is 19.9 Å². The molecule has 0 N–H and O–H groups in total. The first kappa shape index (κ1) is 22.8. The van der Waals surface area contributed by atoms with Crippen LogP contribution in [-0.4, -0.2) is 55.3 Å². The average molecular weight is 458 g/mol. The topological polar surface area (TPSA) is 50.7 Å². The molecule has 4 rings (SSSR count). The van der Waals surface area contributed by atoms with Crippen molar-refractivity contribution in [1.82, 2.24) is 14.9 Å². The van der Waals surface area contributed by atoms with Crippen molar-refractivity contribution >= 4 is 5.95 Å². The molecule has 0 bridgehead atoms. The fourth-order valence-electron chi connectivity index (χ4n) is 3.82. The molecule has 1 aliphatic rings. The highest BCUT2D eigenvalue weighted by Gasteiger charge is 2.23. The smallest absolute Gasteiger partial charge is 0.280 e. The van der Waals surface area contributed by atoms with E-state index in [-0.39, 0.29) is 17.5 Å². The van der Waals surface area contributed by atoms with Gasteiger partial charge in [0.2, 0.25) is 5.95 Å². The maximum absolute atomic E-state index is 14.0. The third-order valence-corrected chi connectivity index (χ3v) is 5.64. The number of alkyl halides is 2. The first-order chi connectivity index (χ1) is 16.0. The zero-order valence-electron chi connectivity index (χ0n) is 18.5. The Bertz CT molecular complexity index is 1100. The average Bonchev–Trinajstić information content (AvgIpc) is 2.85. The molecule has 0 aliphatic carbocycles. The molecule has 0 atom stereocenters. The van der Waals surface area contributed by atoms with Crippen LogP contribution in [0, 0.1) is 5.82 Å². The van der Waals surface area contributed by atoms with Gasteiger partial charge >= 0.3 is 0 Å². The van der Waals surface area contributed by atoms with Crippen molar-refractivity contribution in [2.75, 3.05) is 45.3 Å². The Morgan fingerprint density at radius 2 is 1.64 bits per heavy atom. The van der Waals surface area contributed by atoms with Gasteiger partial charge in [-0.3, -0.25) is 4.90 Å². The van der Waals surface area contributed by atoms with Gasteiger partial charge in [-0.25, -0.2) is 23.1 Å². The van der Waals surface area contributed by atoms with E-state index < -0.39 is 6.43 Å². The Morgan fingerprint density at radius 3 is 2.30 bits per heavy atom. The molecule has 1 fully saturated rings. The van der Waals surface area contributed by atoms with Gasteiger partial charge in [-0.1, -0.05) is 18.2 Å². The lowest BCUT2D eigenvalue weighted by Gasteiger charge is -2.35. The van der Waals surface area contributed by atoms with Crippen LogP contribution >= 0.6 is 0 Å². The van der Waals surface area contributed by atoms with Crippen LogP contribution in [0.1, 0.15) is 17.7 Å². The van der Waals surface area contributed by atoms with E-state index in [0.717, 1.165) is 0 Å². The van der Waals surface area contributed by atoms with E-state index in [1.54, 1.807) is 30.3 Å². The lowest BCUT2D eigenvalue weighted by atomic mass is 10.1. The van der Waals surface area contributed by atoms with Crippen molar-refractivity contribution < 1.29 is 22.6 Å². The lowest BCUT2D eigenvalue weighted by Crippen LogP contribution is -2.46. The summed E-state index contributed by atoms with van der Waals surface area (Å²) in [5.74, 6) is 1.04. The molecule has 1 aliphatic heterocycles. The second-order valence-corrected chi connectivity index (χ2v) is 7.70. The highest BCUT2D eigenvalue weighted by Crippen LogP contribution is 2.33. The summed E-state index contributed by atoms with van der Waals surface area (Å²) in [4.78, 5) is 12.7. The van der Waals surface area contributed by atoms with Gasteiger partial charge in [0, 0.05) is 43.9 Å². The highest BCUT2D eigenvalue weighted by atomic mass is 19.3. The van der Waals surface area contributed by atoms with Crippen LogP contribution in [-0.2, 0) is 6.54 Å². The zero-order chi connectivity index (χ0) is 23.4. The number of halogens is 3. The number of hydrogen-bond donors (Lipinski definition) is 0. The minimum absolute atomic E-state index is 0.229. The second-order valence-electron chi connectivity index (χ2n) is 7.70. The molecule has 0 saturated carbocycles. The summed E-state index contributed by atoms with van der Waals surface area (Å²) in [5.41, 5.74) is 1.30. The standard InChI is InChI=1S/C24H25F3N4O2/c1-32-21-8-7-16(13-22(21)33-2)19-14-20(23(26)27)29-24(28-19)31-11-9-30(10-12-31)15-17-5-3-4-6-18(17)25/h3-8,13-14,23H,9-12,15H2,1-2H3. The largest absolute Gasteiger partial charge is 0.493 e. The summed E-state index contributed by atoms with van der Waals surface area (Å²) < 4.78 is 51.8. The number of anilines is 1. The van der Waals surface area contributed by atoms with Crippen molar-refractivity contribution in [3.63, 3.8) is 0 Å². The summed E-state index contributed by atoms with van der Waals surface area (Å²) in [6, 6.07) is 13.1. The summed E-state index contributed by atoms with van der Waals surface area (Å²) >= 11 is 0. The van der Waals surface area contributed by atoms with Gasteiger partial charge in [0.1, 0.15) is 11.5 Å². The SMILES string of the molecule is COc1ccc(-c2cc(C(F)F)nc(N3CCN(Cc4ccccc4F)CC3)n2)cc1OC. The van der Waals surface area contributed by atoms with Gasteiger partial charge in [-0.15, -0.1) is 0 Å². The fourth-order valence-corrected chi connectivity index (χ4v) is 3.82. The molecule has 2 heterocycles. The van der Waals surface area contributed by atoms with Crippen LogP contribution in [0.4, 0.5) is 19.1 Å². The number of nitrogens with zero attached hydrogens (tertiary/aromatic N) is 4. The quantitative estimate of drug-likeness (QED) is 0.518. The maximum Gasteiger partial charge on any atom is 0.280 e. The normalized spacial score (nSPS) is 14.5. The Labute approximate surface area is 190 Å². The second kappa shape index (κ2) is 10.1. The van der Waals surface area contributed by atoms with Crippen LogP contribution in [0.5, 0.6) is 11.5 Å². The lowest BCUT2D eigenvalue weighted by molar-refractivity contribution is 0.146. The highest BCUT2D eigenvalue weighted by molar-refractivity contribution is 5.65. The fraction of sp³-hybridized carbons (Fsp3) is 0.333. The molecule has 2 aromatic carbocycles. The number of benzene rings is 2. The molecule has 0 unspecified atom stereocenters. The van der Waals surface area contributed by atoms with Crippen molar-refractivity contribution in [2.45, 2.75) is 13.0 Å². The van der Waals surface area contributed by atoms with Gasteiger partial charge in [0.25, 0.3) is 6.43 Å². The summed E-state index contributed by atoms with van der Waals surface area (Å²) in [6.07, 6.45) is -2.73. The van der Waals surface area contributed by atoms with E-state index in [1.165, 1.54) is 26.4 Å². The number of methoxy groups -OCH3 is 2. The van der Waals surface area contributed by atoms with E-state index in [2.05, 4.69) is 14.9 Å². The minimum Gasteiger partial charge on any atom is -0.493 e. The molecule has 3 aromatic rings. The molecule has 0 spiro atoms. The van der Waals surface area contributed by atoms with Crippen LogP contribution in [0.25, 0.3) is 11.3 Å². The van der Waals surface area contributed by atoms with Gasteiger partial charge in [-0.05, 0) is 30.3 Å². The van der Waals surface area contributed by atoms with Crippen molar-refractivity contribution in [1.29, 1.82) is 0 Å². The number of rotatable bonds is 7. The van der Waals surface area contributed by atoms with Crippen LogP contribution in [0.2, 0.25) is 0 Å². The van der Waals surface area contributed by atoms with Crippen LogP contribution in [0.3, 0.4) is 0 Å². The number of hydrogen-bond acceptors (Lipinski definition) is 6. The van der Waals surface area contributed by atoms with Crippen molar-refractivity contribution in [3.05, 3.63) is 65.6 Å². The van der Waals surface area contributed by atoms with Crippen molar-refractivity contribution in [2.24, 2.45) is 0 Å². The van der Waals surface area contributed by atoms with E-state index >= 15 is 0 Å². The van der Waals surface area contributed by atoms with Crippen LogP contribution < -0.4 is 14.4 Å². The summed E-state index contributed by atoms with van der Waals surface area (Å²) in [7, 11) is 3.04. The Balaban J connectivity index is 1.55. The predicted octanol–water partition coefficient (Wildman–Crippen LogP) is 4.56. The monoisotopic (exact) mass is 458 g/mol. The number of piperazine rings is 1. The Hall–Kier alpha value is -3.33. The van der Waals surface area contributed by atoms with E-state index in [1.807, 2.05) is 11.0 Å². The van der Waals surface area contributed by atoms with Crippen LogP contribution in [0.15, 0.2) is 48.5 Å². The first-order valence-electron chi connectivity index (χ1n) is 10.6.